The van der Waals surface area contributed by atoms with Crippen LogP contribution in [0.25, 0.3) is 0 Å². The van der Waals surface area contributed by atoms with E-state index >= 15 is 0 Å². The van der Waals surface area contributed by atoms with Crippen LogP contribution in [0.15, 0.2) is 60.7 Å². The van der Waals surface area contributed by atoms with E-state index < -0.39 is 4.92 Å². The molecule has 1 N–H and O–H groups in total. The number of nitrogens with one attached hydrogen (secondary N) is 1. The number of thiophene rings is 1. The molecular weight excluding hydrogens is 484 g/mol. The molecule has 0 aliphatic carbocycles. The summed E-state index contributed by atoms with van der Waals surface area (Å²) in [7, 11) is 0. The highest BCUT2D eigenvalue weighted by atomic mass is 32.1. The number of carbonyl (C=O) groups is 1. The van der Waals surface area contributed by atoms with E-state index in [0.29, 0.717) is 35.4 Å². The van der Waals surface area contributed by atoms with Gasteiger partial charge < -0.3 is 19.9 Å². The lowest BCUT2D eigenvalue weighted by atomic mass is 10.1. The van der Waals surface area contributed by atoms with Crippen LogP contribution >= 0.6 is 23.6 Å². The molecule has 0 atom stereocenters. The molecule has 0 spiro atoms. The minimum absolute atomic E-state index is 0.0812. The number of nitrogens with zero attached hydrogens (tertiary/aromatic N) is 3. The van der Waals surface area contributed by atoms with Gasteiger partial charge in [0.25, 0.3) is 5.69 Å². The predicted molar refractivity (Wildman–Crippen MR) is 143 cm³/mol. The number of piperazine rings is 1. The first kappa shape index (κ1) is 24.6. The van der Waals surface area contributed by atoms with Gasteiger partial charge in [-0.3, -0.25) is 10.1 Å². The maximum Gasteiger partial charge on any atom is 0.341 e. The number of thiocarbonyl (C=S) groups is 1. The van der Waals surface area contributed by atoms with Crippen molar-refractivity contribution < 1.29 is 14.5 Å². The summed E-state index contributed by atoms with van der Waals surface area (Å²) in [6.07, 6.45) is 0.722. The molecule has 182 valence electrons. The van der Waals surface area contributed by atoms with Gasteiger partial charge in [-0.1, -0.05) is 30.3 Å². The van der Waals surface area contributed by atoms with E-state index in [1.807, 2.05) is 24.3 Å². The maximum absolute atomic E-state index is 12.6. The van der Waals surface area contributed by atoms with Gasteiger partial charge in [-0.25, -0.2) is 4.79 Å². The first-order valence-corrected chi connectivity index (χ1v) is 12.6. The number of ether oxygens (including phenoxy) is 1. The molecular formula is C25H26N4O4S2. The first-order valence-electron chi connectivity index (χ1n) is 11.3. The first-order chi connectivity index (χ1) is 16.9. The summed E-state index contributed by atoms with van der Waals surface area (Å²) in [5.41, 5.74) is 2.69. The van der Waals surface area contributed by atoms with Crippen LogP contribution in [0, 0.1) is 10.1 Å². The molecule has 8 nitrogen and oxygen atoms in total. The molecule has 3 aromatic rings. The van der Waals surface area contributed by atoms with Gasteiger partial charge >= 0.3 is 5.97 Å². The second-order valence-corrected chi connectivity index (χ2v) is 9.54. The van der Waals surface area contributed by atoms with Crippen molar-refractivity contribution in [2.24, 2.45) is 0 Å². The Balaban J connectivity index is 1.41. The van der Waals surface area contributed by atoms with E-state index in [-0.39, 0.29) is 11.7 Å². The second-order valence-electron chi connectivity index (χ2n) is 8.02. The summed E-state index contributed by atoms with van der Waals surface area (Å²) in [4.78, 5) is 28.4. The Labute approximate surface area is 213 Å². The molecule has 1 aliphatic heterocycles. The molecule has 2 heterocycles. The van der Waals surface area contributed by atoms with Crippen LogP contribution in [0.3, 0.4) is 0 Å². The summed E-state index contributed by atoms with van der Waals surface area (Å²) in [6.45, 7) is 4.94. The number of nitro benzene ring substituents is 1. The normalized spacial score (nSPS) is 13.4. The molecule has 35 heavy (non-hydrogen) atoms. The van der Waals surface area contributed by atoms with Gasteiger partial charge in [0.2, 0.25) is 0 Å². The van der Waals surface area contributed by atoms with Crippen LogP contribution in [0.2, 0.25) is 0 Å². The number of esters is 1. The van der Waals surface area contributed by atoms with Crippen LogP contribution < -0.4 is 10.2 Å². The number of rotatable bonds is 7. The highest BCUT2D eigenvalue weighted by Gasteiger charge is 2.23. The highest BCUT2D eigenvalue weighted by molar-refractivity contribution is 7.80. The van der Waals surface area contributed by atoms with Crippen molar-refractivity contribution in [3.8, 4) is 0 Å². The average molecular weight is 511 g/mol. The molecule has 4 rings (SSSR count). The standard InChI is InChI=1S/C25H26N4O4S2/c1-2-33-24(30)22-17-21(16-18-6-4-3-5-7-18)35-23(22)26-25(34)28-14-12-27(13-15-28)19-8-10-20(11-9-19)29(31)32/h3-11,17H,2,12-16H2,1H3,(H,26,34). The summed E-state index contributed by atoms with van der Waals surface area (Å²) in [5.74, 6) is -0.364. The Morgan fingerprint density at radius 1 is 1.11 bits per heavy atom. The van der Waals surface area contributed by atoms with E-state index in [1.54, 1.807) is 19.1 Å². The van der Waals surface area contributed by atoms with Crippen molar-refractivity contribution in [2.75, 3.05) is 43.0 Å². The number of carbonyl (C=O) groups excluding carboxylic acids is 1. The molecule has 10 heteroatoms. The Hall–Kier alpha value is -3.50. The van der Waals surface area contributed by atoms with Crippen molar-refractivity contribution >= 4 is 51.0 Å². The van der Waals surface area contributed by atoms with Crippen LogP contribution in [-0.2, 0) is 11.2 Å². The summed E-state index contributed by atoms with van der Waals surface area (Å²) in [6, 6.07) is 18.6. The van der Waals surface area contributed by atoms with Crippen LogP contribution in [0.4, 0.5) is 16.4 Å². The lowest BCUT2D eigenvalue weighted by Gasteiger charge is -2.37. The molecule has 1 saturated heterocycles. The number of hydrogen-bond donors (Lipinski definition) is 1. The third-order valence-electron chi connectivity index (χ3n) is 5.71. The van der Waals surface area contributed by atoms with Gasteiger partial charge in [-0.05, 0) is 42.9 Å². The minimum atomic E-state index is -0.397. The van der Waals surface area contributed by atoms with Gasteiger partial charge in [0.05, 0.1) is 17.1 Å². The van der Waals surface area contributed by atoms with E-state index in [9.17, 15) is 14.9 Å². The quantitative estimate of drug-likeness (QED) is 0.207. The van der Waals surface area contributed by atoms with Crippen molar-refractivity contribution in [3.05, 3.63) is 86.8 Å². The number of hydrogen-bond acceptors (Lipinski definition) is 7. The molecule has 2 aromatic carbocycles. The molecule has 0 unspecified atom stereocenters. The Bertz CT molecular complexity index is 1190. The topological polar surface area (TPSA) is 88.0 Å². The van der Waals surface area contributed by atoms with Crippen LogP contribution in [0.1, 0.15) is 27.7 Å². The van der Waals surface area contributed by atoms with E-state index in [0.717, 1.165) is 30.1 Å². The molecule has 1 aliphatic rings. The van der Waals surface area contributed by atoms with Crippen molar-refractivity contribution in [1.29, 1.82) is 0 Å². The minimum Gasteiger partial charge on any atom is -0.462 e. The lowest BCUT2D eigenvalue weighted by Crippen LogP contribution is -2.50. The maximum atomic E-state index is 12.6. The molecule has 1 aromatic heterocycles. The monoisotopic (exact) mass is 510 g/mol. The zero-order valence-corrected chi connectivity index (χ0v) is 20.9. The third kappa shape index (κ3) is 6.14. The molecule has 0 saturated carbocycles. The smallest absolute Gasteiger partial charge is 0.341 e. The zero-order chi connectivity index (χ0) is 24.8. The van der Waals surface area contributed by atoms with Gasteiger partial charge in [0, 0.05) is 55.3 Å². The lowest BCUT2D eigenvalue weighted by molar-refractivity contribution is -0.384. The fourth-order valence-corrected chi connectivity index (χ4v) is 5.34. The van der Waals surface area contributed by atoms with E-state index in [2.05, 4.69) is 27.2 Å². The van der Waals surface area contributed by atoms with Crippen molar-refractivity contribution in [1.82, 2.24) is 4.90 Å². The van der Waals surface area contributed by atoms with Crippen molar-refractivity contribution in [2.45, 2.75) is 13.3 Å². The van der Waals surface area contributed by atoms with Crippen molar-refractivity contribution in [3.63, 3.8) is 0 Å². The number of benzene rings is 2. The van der Waals surface area contributed by atoms with Crippen LogP contribution in [-0.4, -0.2) is 53.7 Å². The average Bonchev–Trinajstić information content (AvgIpc) is 3.27. The molecule has 0 amide bonds. The molecule has 0 bridgehead atoms. The Morgan fingerprint density at radius 3 is 2.43 bits per heavy atom. The number of nitro groups is 1. The largest absolute Gasteiger partial charge is 0.462 e. The SMILES string of the molecule is CCOC(=O)c1cc(Cc2ccccc2)sc1NC(=S)N1CCN(c2ccc([N+](=O)[O-])cc2)CC1. The fourth-order valence-electron chi connectivity index (χ4n) is 3.91. The number of non-ortho nitro benzene ring substituents is 1. The highest BCUT2D eigenvalue weighted by Crippen LogP contribution is 2.31. The Morgan fingerprint density at radius 2 is 1.80 bits per heavy atom. The molecule has 1 fully saturated rings. The predicted octanol–water partition coefficient (Wildman–Crippen LogP) is 4.94. The second kappa shape index (κ2) is 11.3. The summed E-state index contributed by atoms with van der Waals surface area (Å²) >= 11 is 7.19. The van der Waals surface area contributed by atoms with Gasteiger partial charge in [-0.15, -0.1) is 11.3 Å². The summed E-state index contributed by atoms with van der Waals surface area (Å²) < 4.78 is 5.27. The van der Waals surface area contributed by atoms with Gasteiger partial charge in [0.15, 0.2) is 5.11 Å². The fraction of sp³-hybridized carbons (Fsp3) is 0.280. The zero-order valence-electron chi connectivity index (χ0n) is 19.3. The van der Waals surface area contributed by atoms with E-state index in [4.69, 9.17) is 17.0 Å². The summed E-state index contributed by atoms with van der Waals surface area (Å²) in [5, 5.41) is 15.4. The number of anilines is 2. The van der Waals surface area contributed by atoms with Gasteiger partial charge in [-0.2, -0.15) is 0 Å². The molecule has 0 radical (unpaired) electrons. The van der Waals surface area contributed by atoms with Crippen LogP contribution in [0.5, 0.6) is 0 Å². The Kier molecular flexibility index (Phi) is 7.94. The third-order valence-corrected chi connectivity index (χ3v) is 7.12. The van der Waals surface area contributed by atoms with E-state index in [1.165, 1.54) is 29.0 Å². The van der Waals surface area contributed by atoms with Gasteiger partial charge in [0.1, 0.15) is 5.00 Å².